The number of nitrogens with one attached hydrogen (secondary N) is 2. The van der Waals surface area contributed by atoms with Gasteiger partial charge in [-0.05, 0) is 48.4 Å². The molecule has 0 bridgehead atoms. The number of morpholine rings is 1. The van der Waals surface area contributed by atoms with Gasteiger partial charge in [-0.2, -0.15) is 4.31 Å². The van der Waals surface area contributed by atoms with Gasteiger partial charge >= 0.3 is 0 Å². The second kappa shape index (κ2) is 7.99. The molecule has 30 heavy (non-hydrogen) atoms. The van der Waals surface area contributed by atoms with E-state index < -0.39 is 20.0 Å². The molecule has 2 aromatic carbocycles. The minimum Gasteiger partial charge on any atom is -0.379 e. The summed E-state index contributed by atoms with van der Waals surface area (Å²) in [5.41, 5.74) is 1.49. The minimum absolute atomic E-state index is 0.0118. The average molecular weight is 452 g/mol. The van der Waals surface area contributed by atoms with Crippen molar-refractivity contribution in [3.05, 3.63) is 48.0 Å². The fourth-order valence-corrected chi connectivity index (χ4v) is 5.95. The Bertz CT molecular complexity index is 1190. The van der Waals surface area contributed by atoms with Crippen LogP contribution in [0.1, 0.15) is 12.0 Å². The van der Waals surface area contributed by atoms with Crippen molar-refractivity contribution in [3.63, 3.8) is 0 Å². The molecule has 2 aliphatic rings. The van der Waals surface area contributed by atoms with Gasteiger partial charge < -0.3 is 10.1 Å². The molecule has 2 heterocycles. The number of carbonyl (C=O) groups excluding carboxylic acids is 1. The Hall–Kier alpha value is -2.47. The second-order valence-corrected chi connectivity index (χ2v) is 10.6. The van der Waals surface area contributed by atoms with E-state index in [1.165, 1.54) is 40.7 Å². The number of hydrogen-bond acceptors (Lipinski definition) is 6. The summed E-state index contributed by atoms with van der Waals surface area (Å²) in [5, 5.41) is 2.71. The molecule has 1 amide bonds. The molecule has 2 aliphatic heterocycles. The Morgan fingerprint density at radius 1 is 0.933 bits per heavy atom. The lowest BCUT2D eigenvalue weighted by Gasteiger charge is -2.26. The summed E-state index contributed by atoms with van der Waals surface area (Å²) < 4.78 is 60.3. The maximum atomic E-state index is 12.8. The lowest BCUT2D eigenvalue weighted by molar-refractivity contribution is -0.116. The topological polar surface area (TPSA) is 122 Å². The molecular formula is C19H21N3O6S2. The molecule has 0 atom stereocenters. The minimum atomic E-state index is -3.94. The highest BCUT2D eigenvalue weighted by Crippen LogP contribution is 2.27. The van der Waals surface area contributed by atoms with Gasteiger partial charge in [0.2, 0.25) is 15.9 Å². The molecule has 0 radical (unpaired) electrons. The third kappa shape index (κ3) is 4.19. The normalized spacial score (nSPS) is 17.8. The number of fused-ring (bicyclic) bond motifs is 1. The van der Waals surface area contributed by atoms with Gasteiger partial charge in [0.05, 0.1) is 28.7 Å². The van der Waals surface area contributed by atoms with Gasteiger partial charge in [-0.3, -0.25) is 9.52 Å². The molecule has 9 nitrogen and oxygen atoms in total. The molecule has 2 aromatic rings. The first-order valence-electron chi connectivity index (χ1n) is 9.39. The van der Waals surface area contributed by atoms with Crippen molar-refractivity contribution in [2.24, 2.45) is 0 Å². The third-order valence-electron chi connectivity index (χ3n) is 4.98. The van der Waals surface area contributed by atoms with E-state index in [0.717, 1.165) is 5.56 Å². The van der Waals surface area contributed by atoms with Gasteiger partial charge in [0.15, 0.2) is 0 Å². The van der Waals surface area contributed by atoms with E-state index in [1.54, 1.807) is 6.07 Å². The van der Waals surface area contributed by atoms with Crippen molar-refractivity contribution in [2.75, 3.05) is 36.3 Å². The number of anilines is 2. The smallest absolute Gasteiger partial charge is 0.261 e. The molecule has 0 unspecified atom stereocenters. The zero-order valence-corrected chi connectivity index (χ0v) is 17.6. The number of nitrogens with zero attached hydrogens (tertiary/aromatic N) is 1. The van der Waals surface area contributed by atoms with E-state index in [1.807, 2.05) is 0 Å². The van der Waals surface area contributed by atoms with Crippen LogP contribution in [0.15, 0.2) is 52.3 Å². The van der Waals surface area contributed by atoms with E-state index in [-0.39, 0.29) is 34.5 Å². The number of amides is 1. The molecule has 0 saturated carbocycles. The maximum Gasteiger partial charge on any atom is 0.261 e. The van der Waals surface area contributed by atoms with Gasteiger partial charge in [-0.1, -0.05) is 6.07 Å². The van der Waals surface area contributed by atoms with Gasteiger partial charge in [0, 0.05) is 25.2 Å². The van der Waals surface area contributed by atoms with Crippen molar-refractivity contribution in [2.45, 2.75) is 22.6 Å². The van der Waals surface area contributed by atoms with Crippen LogP contribution in [0.4, 0.5) is 11.4 Å². The first-order chi connectivity index (χ1) is 14.3. The Kier molecular flexibility index (Phi) is 5.53. The van der Waals surface area contributed by atoms with Gasteiger partial charge in [0.25, 0.3) is 10.0 Å². The fourth-order valence-electron chi connectivity index (χ4n) is 3.40. The van der Waals surface area contributed by atoms with Crippen LogP contribution in [-0.4, -0.2) is 53.4 Å². The lowest BCUT2D eigenvalue weighted by Crippen LogP contribution is -2.40. The van der Waals surface area contributed by atoms with Crippen molar-refractivity contribution in [1.82, 2.24) is 4.31 Å². The Balaban J connectivity index is 1.58. The van der Waals surface area contributed by atoms with Crippen LogP contribution in [0.3, 0.4) is 0 Å². The molecule has 11 heteroatoms. The van der Waals surface area contributed by atoms with Gasteiger partial charge in [0.1, 0.15) is 0 Å². The van der Waals surface area contributed by atoms with Crippen LogP contribution in [0.25, 0.3) is 0 Å². The summed E-state index contributed by atoms with van der Waals surface area (Å²) in [6.45, 7) is 1.16. The van der Waals surface area contributed by atoms with E-state index in [9.17, 15) is 21.6 Å². The predicted octanol–water partition coefficient (Wildman–Crippen LogP) is 1.39. The van der Waals surface area contributed by atoms with Crippen molar-refractivity contribution < 1.29 is 26.4 Å². The van der Waals surface area contributed by atoms with Crippen molar-refractivity contribution >= 4 is 37.3 Å². The Morgan fingerprint density at radius 2 is 1.70 bits per heavy atom. The highest BCUT2D eigenvalue weighted by Gasteiger charge is 2.27. The number of hydrogen-bond donors (Lipinski definition) is 2. The molecule has 0 spiro atoms. The van der Waals surface area contributed by atoms with E-state index in [0.29, 0.717) is 31.7 Å². The first-order valence-corrected chi connectivity index (χ1v) is 12.3. The number of rotatable bonds is 5. The van der Waals surface area contributed by atoms with Crippen LogP contribution in [0, 0.1) is 0 Å². The monoisotopic (exact) mass is 451 g/mol. The summed E-state index contributed by atoms with van der Waals surface area (Å²) in [6, 6.07) is 10.2. The first kappa shape index (κ1) is 20.8. The molecular weight excluding hydrogens is 430 g/mol. The average Bonchev–Trinajstić information content (AvgIpc) is 2.74. The van der Waals surface area contributed by atoms with Gasteiger partial charge in [-0.25, -0.2) is 16.8 Å². The SMILES string of the molecule is O=C1CCc2cc(S(=O)(=O)Nc3cccc(S(=O)(=O)N4CCOCC4)c3)ccc2N1. The highest BCUT2D eigenvalue weighted by atomic mass is 32.2. The Labute approximate surface area is 175 Å². The number of sulfonamides is 2. The summed E-state index contributed by atoms with van der Waals surface area (Å²) in [7, 11) is -7.68. The highest BCUT2D eigenvalue weighted by molar-refractivity contribution is 7.92. The standard InChI is InChI=1S/C19H21N3O6S2/c23-19-7-4-14-12-16(5-6-18(14)20-19)29(24,25)21-15-2-1-3-17(13-15)30(26,27)22-8-10-28-11-9-22/h1-3,5-6,12-13,21H,4,7-11H2,(H,20,23). The van der Waals surface area contributed by atoms with E-state index in [4.69, 9.17) is 4.74 Å². The third-order valence-corrected chi connectivity index (χ3v) is 8.25. The fraction of sp³-hybridized carbons (Fsp3) is 0.316. The molecule has 1 saturated heterocycles. The second-order valence-electron chi connectivity index (χ2n) is 7.02. The number of ether oxygens (including phenoxy) is 1. The summed E-state index contributed by atoms with van der Waals surface area (Å²) in [4.78, 5) is 11.5. The molecule has 160 valence electrons. The van der Waals surface area contributed by atoms with Crippen LogP contribution < -0.4 is 10.0 Å². The largest absolute Gasteiger partial charge is 0.379 e. The number of benzene rings is 2. The van der Waals surface area contributed by atoms with E-state index in [2.05, 4.69) is 10.0 Å². The summed E-state index contributed by atoms with van der Waals surface area (Å²) in [6.07, 6.45) is 0.753. The van der Waals surface area contributed by atoms with Crippen LogP contribution in [0.5, 0.6) is 0 Å². The summed E-state index contributed by atoms with van der Waals surface area (Å²) >= 11 is 0. The molecule has 0 aromatic heterocycles. The van der Waals surface area contributed by atoms with Crippen LogP contribution in [-0.2, 0) is 36.0 Å². The van der Waals surface area contributed by atoms with Gasteiger partial charge in [-0.15, -0.1) is 0 Å². The van der Waals surface area contributed by atoms with Crippen LogP contribution >= 0.6 is 0 Å². The predicted molar refractivity (Wildman–Crippen MR) is 110 cm³/mol. The summed E-state index contributed by atoms with van der Waals surface area (Å²) in [5.74, 6) is -0.102. The zero-order chi connectivity index (χ0) is 21.4. The number of aryl methyl sites for hydroxylation is 1. The van der Waals surface area contributed by atoms with Crippen LogP contribution in [0.2, 0.25) is 0 Å². The molecule has 0 aliphatic carbocycles. The maximum absolute atomic E-state index is 12.8. The van der Waals surface area contributed by atoms with Crippen molar-refractivity contribution in [3.8, 4) is 0 Å². The molecule has 1 fully saturated rings. The van der Waals surface area contributed by atoms with Crippen molar-refractivity contribution in [1.29, 1.82) is 0 Å². The van der Waals surface area contributed by atoms with E-state index >= 15 is 0 Å². The lowest BCUT2D eigenvalue weighted by atomic mass is 10.0. The zero-order valence-electron chi connectivity index (χ0n) is 16.0. The number of carbonyl (C=O) groups is 1. The Morgan fingerprint density at radius 3 is 2.47 bits per heavy atom. The quantitative estimate of drug-likeness (QED) is 0.709. The molecule has 2 N–H and O–H groups in total. The molecule has 4 rings (SSSR count).